The maximum atomic E-state index is 7.00. The van der Waals surface area contributed by atoms with E-state index in [1.54, 1.807) is 0 Å². The van der Waals surface area contributed by atoms with Crippen LogP contribution < -0.4 is 14.5 Å². The molecule has 0 aromatic heterocycles. The highest BCUT2D eigenvalue weighted by Crippen LogP contribution is 2.56. The van der Waals surface area contributed by atoms with Gasteiger partial charge in [0.25, 0.3) is 0 Å². The molecule has 0 bridgehead atoms. The summed E-state index contributed by atoms with van der Waals surface area (Å²) < 4.78 is 7.00. The number of nitrogens with zero attached hydrogens (tertiary/aromatic N) is 2. The van der Waals surface area contributed by atoms with Gasteiger partial charge in [0.2, 0.25) is 0 Å². The molecular weight excluding hydrogens is 524 g/mol. The van der Waals surface area contributed by atoms with Crippen molar-refractivity contribution < 1.29 is 4.74 Å². The van der Waals surface area contributed by atoms with Crippen LogP contribution >= 0.6 is 0 Å². The molecule has 43 heavy (non-hydrogen) atoms. The fraction of sp³-hybridized carbons (Fsp3) is 0. The Bertz CT molecular complexity index is 1960. The quantitative estimate of drug-likeness (QED) is 0.204. The van der Waals surface area contributed by atoms with Gasteiger partial charge in [-0.05, 0) is 77.7 Å². The lowest BCUT2D eigenvalue weighted by Crippen LogP contribution is -2.14. The molecule has 0 fully saturated rings. The molecule has 0 saturated carbocycles. The van der Waals surface area contributed by atoms with Crippen molar-refractivity contribution in [3.63, 3.8) is 0 Å². The summed E-state index contributed by atoms with van der Waals surface area (Å²) in [5.74, 6) is 1.69. The van der Waals surface area contributed by atoms with Gasteiger partial charge >= 0.3 is 0 Å². The first-order valence-electron chi connectivity index (χ1n) is 14.5. The second-order valence-electron chi connectivity index (χ2n) is 10.6. The number of para-hydroxylation sites is 4. The van der Waals surface area contributed by atoms with Crippen LogP contribution in [0.3, 0.4) is 0 Å². The molecule has 1 aliphatic heterocycles. The monoisotopic (exact) mass is 552 g/mol. The second kappa shape index (κ2) is 10.6. The van der Waals surface area contributed by atoms with E-state index in [1.165, 1.54) is 0 Å². The number of benzene rings is 7. The van der Waals surface area contributed by atoms with E-state index in [2.05, 4.69) is 180 Å². The average Bonchev–Trinajstić information content (AvgIpc) is 3.08. The SMILES string of the molecule is c1ccc(N(c2ccccc2)c2cccc3c2-c2cccc4ccc(N(c5ccccc5)c5ccccc5)c(c24)O3)cc1. The lowest BCUT2D eigenvalue weighted by Gasteiger charge is -2.33. The third kappa shape index (κ3) is 4.30. The molecule has 0 N–H and O–H groups in total. The number of hydrogen-bond donors (Lipinski definition) is 0. The van der Waals surface area contributed by atoms with Crippen molar-refractivity contribution in [3.8, 4) is 22.6 Å². The zero-order valence-electron chi connectivity index (χ0n) is 23.5. The summed E-state index contributed by atoms with van der Waals surface area (Å²) in [4.78, 5) is 4.59. The summed E-state index contributed by atoms with van der Waals surface area (Å²) in [7, 11) is 0. The Morgan fingerprint density at radius 3 is 1.40 bits per heavy atom. The molecule has 1 heterocycles. The smallest absolute Gasteiger partial charge is 0.159 e. The van der Waals surface area contributed by atoms with E-state index in [1.807, 2.05) is 0 Å². The fourth-order valence-corrected chi connectivity index (χ4v) is 6.16. The van der Waals surface area contributed by atoms with Crippen molar-refractivity contribution in [1.82, 2.24) is 0 Å². The minimum atomic E-state index is 0.836. The molecule has 7 aromatic rings. The number of hydrogen-bond acceptors (Lipinski definition) is 3. The highest BCUT2D eigenvalue weighted by molar-refractivity contribution is 6.11. The molecule has 0 saturated heterocycles. The lowest BCUT2D eigenvalue weighted by molar-refractivity contribution is 0.488. The highest BCUT2D eigenvalue weighted by Gasteiger charge is 2.29. The van der Waals surface area contributed by atoms with Crippen LogP contribution in [0.4, 0.5) is 34.1 Å². The molecular formula is C40H28N2O. The third-order valence-electron chi connectivity index (χ3n) is 8.00. The van der Waals surface area contributed by atoms with Gasteiger partial charge in [0.05, 0.1) is 11.4 Å². The van der Waals surface area contributed by atoms with Gasteiger partial charge in [0.15, 0.2) is 5.75 Å². The first-order valence-corrected chi connectivity index (χ1v) is 14.5. The van der Waals surface area contributed by atoms with Gasteiger partial charge < -0.3 is 14.5 Å². The Balaban J connectivity index is 1.39. The normalized spacial score (nSPS) is 11.4. The minimum absolute atomic E-state index is 0.836. The van der Waals surface area contributed by atoms with E-state index in [4.69, 9.17) is 4.74 Å². The van der Waals surface area contributed by atoms with Gasteiger partial charge in [-0.15, -0.1) is 0 Å². The van der Waals surface area contributed by atoms with Crippen molar-refractivity contribution in [1.29, 1.82) is 0 Å². The molecule has 0 aliphatic carbocycles. The van der Waals surface area contributed by atoms with Crippen LogP contribution in [0, 0.1) is 0 Å². The Hall–Kier alpha value is -5.80. The summed E-state index contributed by atoms with van der Waals surface area (Å²) in [5.41, 5.74) is 8.63. The van der Waals surface area contributed by atoms with Crippen LogP contribution in [0.2, 0.25) is 0 Å². The summed E-state index contributed by atoms with van der Waals surface area (Å²) in [6.07, 6.45) is 0. The minimum Gasteiger partial charge on any atom is -0.454 e. The third-order valence-corrected chi connectivity index (χ3v) is 8.00. The van der Waals surface area contributed by atoms with Crippen molar-refractivity contribution in [2.24, 2.45) is 0 Å². The number of fused-ring (bicyclic) bond motifs is 2. The van der Waals surface area contributed by atoms with Crippen LogP contribution in [0.5, 0.6) is 11.5 Å². The molecule has 3 nitrogen and oxygen atoms in total. The molecule has 7 aromatic carbocycles. The molecule has 0 radical (unpaired) electrons. The zero-order chi connectivity index (χ0) is 28.6. The van der Waals surface area contributed by atoms with Gasteiger partial charge in [-0.25, -0.2) is 0 Å². The molecule has 8 rings (SSSR count). The Kier molecular flexibility index (Phi) is 6.12. The first kappa shape index (κ1) is 25.0. The van der Waals surface area contributed by atoms with Gasteiger partial charge in [-0.2, -0.15) is 0 Å². The van der Waals surface area contributed by atoms with Crippen LogP contribution in [-0.4, -0.2) is 0 Å². The van der Waals surface area contributed by atoms with Crippen molar-refractivity contribution in [3.05, 3.63) is 170 Å². The van der Waals surface area contributed by atoms with E-state index in [0.717, 1.165) is 67.5 Å². The van der Waals surface area contributed by atoms with E-state index < -0.39 is 0 Å². The summed E-state index contributed by atoms with van der Waals surface area (Å²) in [6.45, 7) is 0. The summed E-state index contributed by atoms with van der Waals surface area (Å²) in [6, 6.07) is 59.3. The average molecular weight is 553 g/mol. The second-order valence-corrected chi connectivity index (χ2v) is 10.6. The van der Waals surface area contributed by atoms with Gasteiger partial charge in [0, 0.05) is 33.7 Å². The molecule has 0 spiro atoms. The number of ether oxygens (including phenoxy) is 1. The Morgan fingerprint density at radius 2 is 0.860 bits per heavy atom. The van der Waals surface area contributed by atoms with E-state index in [-0.39, 0.29) is 0 Å². The maximum absolute atomic E-state index is 7.00. The summed E-state index contributed by atoms with van der Waals surface area (Å²) in [5, 5.41) is 2.25. The van der Waals surface area contributed by atoms with Gasteiger partial charge in [0.1, 0.15) is 5.75 Å². The van der Waals surface area contributed by atoms with Crippen molar-refractivity contribution in [2.75, 3.05) is 9.80 Å². The Morgan fingerprint density at radius 1 is 0.372 bits per heavy atom. The molecule has 0 amide bonds. The molecule has 204 valence electrons. The standard InChI is InChI=1S/C40H28N2O/c1-5-16-30(17-6-1)41(31-18-7-2-8-19-31)35-25-14-26-37-39(35)34-24-13-15-29-27-28-36(40(43-37)38(29)34)42(32-20-9-3-10-21-32)33-22-11-4-12-23-33/h1-28H. The highest BCUT2D eigenvalue weighted by atomic mass is 16.5. The fourth-order valence-electron chi connectivity index (χ4n) is 6.16. The van der Waals surface area contributed by atoms with E-state index >= 15 is 0 Å². The molecule has 3 heteroatoms. The largest absolute Gasteiger partial charge is 0.454 e. The summed E-state index contributed by atoms with van der Waals surface area (Å²) >= 11 is 0. The van der Waals surface area contributed by atoms with Gasteiger partial charge in [-0.1, -0.05) is 103 Å². The topological polar surface area (TPSA) is 15.7 Å². The zero-order valence-corrected chi connectivity index (χ0v) is 23.5. The van der Waals surface area contributed by atoms with Crippen LogP contribution in [0.15, 0.2) is 170 Å². The van der Waals surface area contributed by atoms with Gasteiger partial charge in [-0.3, -0.25) is 0 Å². The predicted molar refractivity (Wildman–Crippen MR) is 179 cm³/mol. The lowest BCUT2D eigenvalue weighted by atomic mass is 9.92. The van der Waals surface area contributed by atoms with E-state index in [0.29, 0.717) is 0 Å². The predicted octanol–water partition coefficient (Wildman–Crippen LogP) is 11.6. The first-order chi connectivity index (χ1) is 21.4. The number of rotatable bonds is 6. The van der Waals surface area contributed by atoms with E-state index in [9.17, 15) is 0 Å². The van der Waals surface area contributed by atoms with Crippen LogP contribution in [-0.2, 0) is 0 Å². The van der Waals surface area contributed by atoms with Crippen LogP contribution in [0.25, 0.3) is 21.9 Å². The Labute approximate surface area is 251 Å². The van der Waals surface area contributed by atoms with Crippen molar-refractivity contribution >= 4 is 44.9 Å². The molecule has 0 atom stereocenters. The van der Waals surface area contributed by atoms with Crippen molar-refractivity contribution in [2.45, 2.75) is 0 Å². The van der Waals surface area contributed by atoms with Crippen LogP contribution in [0.1, 0.15) is 0 Å². The maximum Gasteiger partial charge on any atom is 0.159 e. The molecule has 0 unspecified atom stereocenters. The molecule has 1 aliphatic rings. The number of anilines is 6.